The Kier molecular flexibility index (Phi) is 5.30. The summed E-state index contributed by atoms with van der Waals surface area (Å²) in [5.74, 6) is 1.83. The SMILES string of the molecule is CC1CN(CCCCCCNC2CC2)CC1C. The lowest BCUT2D eigenvalue weighted by Gasteiger charge is -2.14. The van der Waals surface area contributed by atoms with Crippen molar-refractivity contribution in [3.05, 3.63) is 0 Å². The molecule has 1 N–H and O–H groups in total. The molecule has 0 amide bonds. The smallest absolute Gasteiger partial charge is 0.00682 e. The molecule has 0 spiro atoms. The van der Waals surface area contributed by atoms with Crippen molar-refractivity contribution in [1.82, 2.24) is 10.2 Å². The second-order valence-corrected chi connectivity index (χ2v) is 6.36. The van der Waals surface area contributed by atoms with Gasteiger partial charge in [-0.2, -0.15) is 0 Å². The summed E-state index contributed by atoms with van der Waals surface area (Å²) in [4.78, 5) is 2.66. The van der Waals surface area contributed by atoms with Gasteiger partial charge in [0.15, 0.2) is 0 Å². The third-order valence-corrected chi connectivity index (χ3v) is 4.48. The third-order valence-electron chi connectivity index (χ3n) is 4.48. The number of likely N-dealkylation sites (tertiary alicyclic amines) is 1. The van der Waals surface area contributed by atoms with Crippen molar-refractivity contribution in [1.29, 1.82) is 0 Å². The molecular formula is C15H30N2. The van der Waals surface area contributed by atoms with Gasteiger partial charge in [0.1, 0.15) is 0 Å². The van der Waals surface area contributed by atoms with E-state index >= 15 is 0 Å². The van der Waals surface area contributed by atoms with Crippen molar-refractivity contribution < 1.29 is 0 Å². The molecule has 1 heterocycles. The molecule has 2 heteroatoms. The molecule has 2 rings (SSSR count). The van der Waals surface area contributed by atoms with E-state index in [1.807, 2.05) is 0 Å². The van der Waals surface area contributed by atoms with E-state index in [0.717, 1.165) is 17.9 Å². The fourth-order valence-electron chi connectivity index (χ4n) is 2.84. The molecule has 2 fully saturated rings. The van der Waals surface area contributed by atoms with Gasteiger partial charge in [-0.3, -0.25) is 0 Å². The predicted octanol–water partition coefficient (Wildman–Crippen LogP) is 2.89. The van der Waals surface area contributed by atoms with Crippen LogP contribution in [0.15, 0.2) is 0 Å². The molecule has 0 aromatic rings. The summed E-state index contributed by atoms with van der Waals surface area (Å²) in [6, 6.07) is 0.891. The van der Waals surface area contributed by atoms with Crippen molar-refractivity contribution >= 4 is 0 Å². The fraction of sp³-hybridized carbons (Fsp3) is 1.00. The van der Waals surface area contributed by atoms with Crippen molar-refractivity contribution in [2.75, 3.05) is 26.2 Å². The standard InChI is InChI=1S/C15H30N2/c1-13-11-17(12-14(13)2)10-6-4-3-5-9-16-15-7-8-15/h13-16H,3-12H2,1-2H3. The average molecular weight is 238 g/mol. The monoisotopic (exact) mass is 238 g/mol. The summed E-state index contributed by atoms with van der Waals surface area (Å²) in [7, 11) is 0. The lowest BCUT2D eigenvalue weighted by Crippen LogP contribution is -2.22. The van der Waals surface area contributed by atoms with Crippen LogP contribution in [0.4, 0.5) is 0 Å². The second-order valence-electron chi connectivity index (χ2n) is 6.36. The van der Waals surface area contributed by atoms with Gasteiger partial charge < -0.3 is 10.2 Å². The van der Waals surface area contributed by atoms with Gasteiger partial charge in [0.05, 0.1) is 0 Å². The Balaban J connectivity index is 1.38. The molecule has 1 aliphatic carbocycles. The molecular weight excluding hydrogens is 208 g/mol. The van der Waals surface area contributed by atoms with Gasteiger partial charge in [-0.05, 0) is 50.6 Å². The van der Waals surface area contributed by atoms with Crippen molar-refractivity contribution in [3.63, 3.8) is 0 Å². The lowest BCUT2D eigenvalue weighted by molar-refractivity contribution is 0.314. The first-order chi connectivity index (χ1) is 8.25. The molecule has 2 unspecified atom stereocenters. The van der Waals surface area contributed by atoms with Gasteiger partial charge in [-0.25, -0.2) is 0 Å². The Morgan fingerprint density at radius 2 is 1.59 bits per heavy atom. The predicted molar refractivity (Wildman–Crippen MR) is 74.3 cm³/mol. The summed E-state index contributed by atoms with van der Waals surface area (Å²) in [5.41, 5.74) is 0. The molecule has 17 heavy (non-hydrogen) atoms. The molecule has 1 aliphatic heterocycles. The highest BCUT2D eigenvalue weighted by Crippen LogP contribution is 2.22. The minimum Gasteiger partial charge on any atom is -0.314 e. The van der Waals surface area contributed by atoms with Crippen LogP contribution in [0.2, 0.25) is 0 Å². The maximum atomic E-state index is 3.59. The molecule has 0 aromatic carbocycles. The van der Waals surface area contributed by atoms with E-state index in [9.17, 15) is 0 Å². The largest absolute Gasteiger partial charge is 0.314 e. The number of nitrogens with one attached hydrogen (secondary N) is 1. The molecule has 0 radical (unpaired) electrons. The Morgan fingerprint density at radius 1 is 0.941 bits per heavy atom. The summed E-state index contributed by atoms with van der Waals surface area (Å²) in [6.45, 7) is 10.1. The minimum atomic E-state index is 0.891. The number of unbranched alkanes of at least 4 members (excludes halogenated alkanes) is 3. The molecule has 0 aromatic heterocycles. The Bertz CT molecular complexity index is 203. The summed E-state index contributed by atoms with van der Waals surface area (Å²) in [6.07, 6.45) is 8.47. The van der Waals surface area contributed by atoms with E-state index in [1.165, 1.54) is 64.7 Å². The number of hydrogen-bond donors (Lipinski definition) is 1. The average Bonchev–Trinajstić information content (AvgIpc) is 3.06. The summed E-state index contributed by atoms with van der Waals surface area (Å²) >= 11 is 0. The van der Waals surface area contributed by atoms with E-state index in [2.05, 4.69) is 24.1 Å². The number of hydrogen-bond acceptors (Lipinski definition) is 2. The van der Waals surface area contributed by atoms with Gasteiger partial charge in [-0.1, -0.05) is 26.7 Å². The number of nitrogens with zero attached hydrogens (tertiary/aromatic N) is 1. The normalized spacial score (nSPS) is 30.0. The second kappa shape index (κ2) is 6.75. The van der Waals surface area contributed by atoms with E-state index < -0.39 is 0 Å². The highest BCUT2D eigenvalue weighted by Gasteiger charge is 2.25. The van der Waals surface area contributed by atoms with E-state index in [1.54, 1.807) is 0 Å². The molecule has 1 saturated carbocycles. The van der Waals surface area contributed by atoms with Crippen LogP contribution in [-0.2, 0) is 0 Å². The zero-order valence-electron chi connectivity index (χ0n) is 11.8. The van der Waals surface area contributed by atoms with Gasteiger partial charge in [-0.15, -0.1) is 0 Å². The molecule has 1 saturated heterocycles. The zero-order chi connectivity index (χ0) is 12.1. The quantitative estimate of drug-likeness (QED) is 0.654. The first-order valence-corrected chi connectivity index (χ1v) is 7.71. The summed E-state index contributed by atoms with van der Waals surface area (Å²) < 4.78 is 0. The van der Waals surface area contributed by atoms with Gasteiger partial charge in [0, 0.05) is 19.1 Å². The highest BCUT2D eigenvalue weighted by atomic mass is 15.1. The first kappa shape index (κ1) is 13.4. The van der Waals surface area contributed by atoms with Gasteiger partial charge in [0.25, 0.3) is 0 Å². The van der Waals surface area contributed by atoms with Gasteiger partial charge >= 0.3 is 0 Å². The molecule has 2 nitrogen and oxygen atoms in total. The van der Waals surface area contributed by atoms with Crippen LogP contribution >= 0.6 is 0 Å². The first-order valence-electron chi connectivity index (χ1n) is 7.71. The molecule has 0 bridgehead atoms. The topological polar surface area (TPSA) is 15.3 Å². The van der Waals surface area contributed by atoms with E-state index in [-0.39, 0.29) is 0 Å². The van der Waals surface area contributed by atoms with Crippen LogP contribution in [0.3, 0.4) is 0 Å². The van der Waals surface area contributed by atoms with Crippen LogP contribution in [0.1, 0.15) is 52.4 Å². The van der Waals surface area contributed by atoms with E-state index in [4.69, 9.17) is 0 Å². The Hall–Kier alpha value is -0.0800. The molecule has 2 aliphatic rings. The fourth-order valence-corrected chi connectivity index (χ4v) is 2.84. The Morgan fingerprint density at radius 3 is 2.24 bits per heavy atom. The van der Waals surface area contributed by atoms with Gasteiger partial charge in [0.2, 0.25) is 0 Å². The Labute approximate surface area is 107 Å². The molecule has 2 atom stereocenters. The lowest BCUT2D eigenvalue weighted by atomic mass is 10.0. The maximum absolute atomic E-state index is 3.59. The van der Waals surface area contributed by atoms with Crippen molar-refractivity contribution in [2.24, 2.45) is 11.8 Å². The van der Waals surface area contributed by atoms with Crippen LogP contribution in [0.5, 0.6) is 0 Å². The third kappa shape index (κ3) is 4.97. The molecule has 100 valence electrons. The van der Waals surface area contributed by atoms with Crippen molar-refractivity contribution in [2.45, 2.75) is 58.4 Å². The van der Waals surface area contributed by atoms with Crippen LogP contribution in [0, 0.1) is 11.8 Å². The van der Waals surface area contributed by atoms with E-state index in [0.29, 0.717) is 0 Å². The van der Waals surface area contributed by atoms with Crippen LogP contribution < -0.4 is 5.32 Å². The number of rotatable bonds is 8. The van der Waals surface area contributed by atoms with Crippen LogP contribution in [-0.4, -0.2) is 37.1 Å². The van der Waals surface area contributed by atoms with Crippen molar-refractivity contribution in [3.8, 4) is 0 Å². The minimum absolute atomic E-state index is 0.891. The maximum Gasteiger partial charge on any atom is 0.00682 e. The zero-order valence-corrected chi connectivity index (χ0v) is 11.8. The highest BCUT2D eigenvalue weighted by molar-refractivity contribution is 4.80. The summed E-state index contributed by atoms with van der Waals surface area (Å²) in [5, 5.41) is 3.59. The van der Waals surface area contributed by atoms with Crippen LogP contribution in [0.25, 0.3) is 0 Å².